The molecule has 0 amide bonds. The highest BCUT2D eigenvalue weighted by atomic mass is 32.1. The van der Waals surface area contributed by atoms with Crippen LogP contribution in [0.25, 0.3) is 0 Å². The Morgan fingerprint density at radius 1 is 1.00 bits per heavy atom. The zero-order valence-electron chi connectivity index (χ0n) is 16.2. The van der Waals surface area contributed by atoms with E-state index in [0.717, 1.165) is 0 Å². The Balaban J connectivity index is 1.77. The molecule has 0 spiro atoms. The molecule has 0 unspecified atom stereocenters. The number of benzene rings is 1. The summed E-state index contributed by atoms with van der Waals surface area (Å²) >= 11 is 1.28. The van der Waals surface area contributed by atoms with Gasteiger partial charge in [-0.05, 0) is 43.8 Å². The standard InChI is InChI=1S/C22H19NO5S/c1-12-19(14(3)24)13(2)23-20(12)17(25)11-28-22(27)16-8-5-4-7-15(16)21(26)18-9-6-10-29-18/h4-10,23H,11H2,1-3H3. The SMILES string of the molecule is CC(=O)c1c(C)[nH]c(C(=O)COC(=O)c2ccccc2C(=O)c2cccs2)c1C. The number of carbonyl (C=O) groups is 4. The van der Waals surface area contributed by atoms with E-state index in [1.807, 2.05) is 0 Å². The Hall–Kier alpha value is -3.32. The van der Waals surface area contributed by atoms with Crippen molar-refractivity contribution in [2.24, 2.45) is 0 Å². The fraction of sp³-hybridized carbons (Fsp3) is 0.182. The molecule has 0 atom stereocenters. The molecular formula is C22H19NO5S. The average Bonchev–Trinajstić information content (AvgIpc) is 3.33. The van der Waals surface area contributed by atoms with Crippen LogP contribution in [0.1, 0.15) is 64.6 Å². The second-order valence-corrected chi connectivity index (χ2v) is 7.48. The third-order valence-electron chi connectivity index (χ3n) is 4.54. The first-order valence-corrected chi connectivity index (χ1v) is 9.77. The molecule has 1 N–H and O–H groups in total. The van der Waals surface area contributed by atoms with E-state index in [-0.39, 0.29) is 28.4 Å². The summed E-state index contributed by atoms with van der Waals surface area (Å²) < 4.78 is 5.17. The lowest BCUT2D eigenvalue weighted by Gasteiger charge is -2.08. The molecule has 1 aromatic carbocycles. The van der Waals surface area contributed by atoms with Crippen molar-refractivity contribution >= 4 is 34.7 Å². The monoisotopic (exact) mass is 409 g/mol. The lowest BCUT2D eigenvalue weighted by atomic mass is 10.0. The predicted molar refractivity (Wildman–Crippen MR) is 109 cm³/mol. The summed E-state index contributed by atoms with van der Waals surface area (Å²) in [6.07, 6.45) is 0. The van der Waals surface area contributed by atoms with Crippen LogP contribution >= 0.6 is 11.3 Å². The second-order valence-electron chi connectivity index (χ2n) is 6.53. The maximum Gasteiger partial charge on any atom is 0.339 e. The van der Waals surface area contributed by atoms with Gasteiger partial charge in [0, 0.05) is 16.8 Å². The van der Waals surface area contributed by atoms with Crippen LogP contribution in [0.5, 0.6) is 0 Å². The van der Waals surface area contributed by atoms with E-state index in [1.54, 1.807) is 49.6 Å². The summed E-state index contributed by atoms with van der Waals surface area (Å²) in [5.74, 6) is -1.63. The largest absolute Gasteiger partial charge is 0.454 e. The number of rotatable bonds is 7. The van der Waals surface area contributed by atoms with E-state index in [1.165, 1.54) is 24.3 Å². The number of Topliss-reactive ketones (excluding diaryl/α,β-unsaturated/α-hetero) is 2. The van der Waals surface area contributed by atoms with Gasteiger partial charge in [-0.2, -0.15) is 0 Å². The van der Waals surface area contributed by atoms with E-state index in [4.69, 9.17) is 4.74 Å². The number of aromatic nitrogens is 1. The van der Waals surface area contributed by atoms with Crippen molar-refractivity contribution < 1.29 is 23.9 Å². The topological polar surface area (TPSA) is 93.3 Å². The third-order valence-corrected chi connectivity index (χ3v) is 5.41. The summed E-state index contributed by atoms with van der Waals surface area (Å²) in [5.41, 5.74) is 2.15. The molecular weight excluding hydrogens is 390 g/mol. The molecule has 0 saturated carbocycles. The Bertz CT molecular complexity index is 1110. The number of hydrogen-bond acceptors (Lipinski definition) is 6. The van der Waals surface area contributed by atoms with Crippen LogP contribution in [-0.2, 0) is 4.74 Å². The molecule has 0 aliphatic rings. The van der Waals surface area contributed by atoms with Gasteiger partial charge in [0.15, 0.2) is 12.4 Å². The highest BCUT2D eigenvalue weighted by Gasteiger charge is 2.23. The van der Waals surface area contributed by atoms with Crippen molar-refractivity contribution in [2.75, 3.05) is 6.61 Å². The average molecular weight is 409 g/mol. The first kappa shape index (κ1) is 20.4. The molecule has 3 aromatic rings. The summed E-state index contributed by atoms with van der Waals surface area (Å²) in [6.45, 7) is 4.31. The molecule has 0 bridgehead atoms. The fourth-order valence-electron chi connectivity index (χ4n) is 3.24. The number of esters is 1. The molecule has 0 fully saturated rings. The molecule has 148 valence electrons. The van der Waals surface area contributed by atoms with Crippen molar-refractivity contribution in [1.29, 1.82) is 0 Å². The highest BCUT2D eigenvalue weighted by molar-refractivity contribution is 7.12. The number of ether oxygens (including phenoxy) is 1. The lowest BCUT2D eigenvalue weighted by molar-refractivity contribution is 0.0471. The van der Waals surface area contributed by atoms with Crippen molar-refractivity contribution in [3.63, 3.8) is 0 Å². The van der Waals surface area contributed by atoms with E-state index < -0.39 is 18.4 Å². The van der Waals surface area contributed by atoms with Crippen molar-refractivity contribution in [3.8, 4) is 0 Å². The number of hydrogen-bond donors (Lipinski definition) is 1. The molecule has 6 nitrogen and oxygen atoms in total. The lowest BCUT2D eigenvalue weighted by Crippen LogP contribution is -2.17. The van der Waals surface area contributed by atoms with Crippen LogP contribution in [0.15, 0.2) is 41.8 Å². The second kappa shape index (κ2) is 8.36. The number of aromatic amines is 1. The van der Waals surface area contributed by atoms with Crippen molar-refractivity contribution in [3.05, 3.63) is 80.3 Å². The van der Waals surface area contributed by atoms with Gasteiger partial charge in [-0.1, -0.05) is 24.3 Å². The van der Waals surface area contributed by atoms with Gasteiger partial charge in [0.25, 0.3) is 0 Å². The van der Waals surface area contributed by atoms with E-state index in [2.05, 4.69) is 4.98 Å². The van der Waals surface area contributed by atoms with Crippen molar-refractivity contribution in [1.82, 2.24) is 4.98 Å². The van der Waals surface area contributed by atoms with Gasteiger partial charge in [0.2, 0.25) is 11.6 Å². The van der Waals surface area contributed by atoms with Gasteiger partial charge in [-0.15, -0.1) is 11.3 Å². The van der Waals surface area contributed by atoms with E-state index in [0.29, 0.717) is 21.7 Å². The van der Waals surface area contributed by atoms with Crippen molar-refractivity contribution in [2.45, 2.75) is 20.8 Å². The van der Waals surface area contributed by atoms with Crippen LogP contribution in [0.4, 0.5) is 0 Å². The van der Waals surface area contributed by atoms with Crippen LogP contribution in [0, 0.1) is 13.8 Å². The quantitative estimate of drug-likeness (QED) is 0.467. The van der Waals surface area contributed by atoms with Crippen LogP contribution in [0.2, 0.25) is 0 Å². The first-order chi connectivity index (χ1) is 13.8. The minimum atomic E-state index is -0.758. The van der Waals surface area contributed by atoms with Gasteiger partial charge in [-0.25, -0.2) is 4.79 Å². The van der Waals surface area contributed by atoms with Gasteiger partial charge in [0.1, 0.15) is 0 Å². The maximum atomic E-state index is 12.6. The van der Waals surface area contributed by atoms with Gasteiger partial charge in [0.05, 0.1) is 16.1 Å². The molecule has 0 saturated heterocycles. The molecule has 2 heterocycles. The minimum Gasteiger partial charge on any atom is -0.454 e. The number of thiophene rings is 1. The third kappa shape index (κ3) is 4.09. The Labute approximate surface area is 171 Å². The van der Waals surface area contributed by atoms with Crippen LogP contribution in [0.3, 0.4) is 0 Å². The summed E-state index contributed by atoms with van der Waals surface area (Å²) in [6, 6.07) is 9.77. The van der Waals surface area contributed by atoms with Gasteiger partial charge in [-0.3, -0.25) is 14.4 Å². The molecule has 0 aliphatic heterocycles. The highest BCUT2D eigenvalue weighted by Crippen LogP contribution is 2.21. The summed E-state index contributed by atoms with van der Waals surface area (Å²) in [4.78, 5) is 52.8. The molecule has 29 heavy (non-hydrogen) atoms. The van der Waals surface area contributed by atoms with Crippen LogP contribution in [-0.4, -0.2) is 34.9 Å². The minimum absolute atomic E-state index is 0.0995. The fourth-order valence-corrected chi connectivity index (χ4v) is 3.92. The molecule has 3 rings (SSSR count). The number of nitrogens with one attached hydrogen (secondary N) is 1. The number of H-pyrrole nitrogens is 1. The number of aryl methyl sites for hydroxylation is 1. The van der Waals surface area contributed by atoms with Crippen LogP contribution < -0.4 is 0 Å². The molecule has 7 heteroatoms. The first-order valence-electron chi connectivity index (χ1n) is 8.89. The maximum absolute atomic E-state index is 12.6. The molecule has 0 aliphatic carbocycles. The number of carbonyl (C=O) groups excluding carboxylic acids is 4. The Morgan fingerprint density at radius 2 is 1.69 bits per heavy atom. The molecule has 0 radical (unpaired) electrons. The number of ketones is 3. The predicted octanol–water partition coefficient (Wildman–Crippen LogP) is 4.17. The summed E-state index contributed by atoms with van der Waals surface area (Å²) in [7, 11) is 0. The van der Waals surface area contributed by atoms with Gasteiger partial charge < -0.3 is 9.72 Å². The van der Waals surface area contributed by atoms with E-state index >= 15 is 0 Å². The zero-order valence-corrected chi connectivity index (χ0v) is 17.0. The van der Waals surface area contributed by atoms with Gasteiger partial charge >= 0.3 is 5.97 Å². The Kier molecular flexibility index (Phi) is 5.89. The zero-order chi connectivity index (χ0) is 21.1. The Morgan fingerprint density at radius 3 is 2.28 bits per heavy atom. The smallest absolute Gasteiger partial charge is 0.339 e. The van der Waals surface area contributed by atoms with E-state index in [9.17, 15) is 19.2 Å². The normalized spacial score (nSPS) is 10.6. The summed E-state index contributed by atoms with van der Waals surface area (Å²) in [5, 5.41) is 1.78. The molecule has 2 aromatic heterocycles.